The number of rotatable bonds is 5. The number of carbonyl (C=O) groups excluding carboxylic acids is 1. The van der Waals surface area contributed by atoms with Crippen LogP contribution in [-0.2, 0) is 0 Å². The van der Waals surface area contributed by atoms with Gasteiger partial charge in [0.2, 0.25) is 0 Å². The van der Waals surface area contributed by atoms with Gasteiger partial charge >= 0.3 is 0 Å². The first kappa shape index (κ1) is 13.0. The smallest absolute Gasteiger partial charge is 0.251 e. The maximum atomic E-state index is 13.2. The molecule has 1 unspecified atom stereocenters. The van der Waals surface area contributed by atoms with Crippen LogP contribution in [0.15, 0.2) is 18.2 Å². The molecule has 98 valence electrons. The number of nitrogens with one attached hydrogen (secondary N) is 1. The fourth-order valence-electron chi connectivity index (χ4n) is 2.18. The lowest BCUT2D eigenvalue weighted by Crippen LogP contribution is -2.37. The molecule has 0 aromatic heterocycles. The van der Waals surface area contributed by atoms with E-state index in [1.807, 2.05) is 0 Å². The summed E-state index contributed by atoms with van der Waals surface area (Å²) >= 11 is 0. The average molecular weight is 251 g/mol. The highest BCUT2D eigenvalue weighted by Crippen LogP contribution is 2.34. The van der Waals surface area contributed by atoms with Gasteiger partial charge in [-0.15, -0.1) is 0 Å². The monoisotopic (exact) mass is 251 g/mol. The Morgan fingerprint density at radius 2 is 2.22 bits per heavy atom. The van der Waals surface area contributed by atoms with Crippen LogP contribution < -0.4 is 5.32 Å². The zero-order valence-electron chi connectivity index (χ0n) is 10.4. The van der Waals surface area contributed by atoms with Crippen LogP contribution >= 0.6 is 0 Å². The molecule has 3 nitrogen and oxygen atoms in total. The first-order valence-electron chi connectivity index (χ1n) is 6.29. The summed E-state index contributed by atoms with van der Waals surface area (Å²) in [5.41, 5.74) is 1.07. The van der Waals surface area contributed by atoms with Crippen molar-refractivity contribution in [1.29, 1.82) is 0 Å². The highest BCUT2D eigenvalue weighted by Gasteiger charge is 2.31. The van der Waals surface area contributed by atoms with E-state index in [1.165, 1.54) is 12.1 Å². The molecular weight excluding hydrogens is 233 g/mol. The van der Waals surface area contributed by atoms with Crippen molar-refractivity contribution >= 4 is 5.91 Å². The molecule has 18 heavy (non-hydrogen) atoms. The third-order valence-electron chi connectivity index (χ3n) is 3.25. The van der Waals surface area contributed by atoms with Crippen LogP contribution in [-0.4, -0.2) is 23.7 Å². The minimum absolute atomic E-state index is 0.00562. The second kappa shape index (κ2) is 5.48. The van der Waals surface area contributed by atoms with E-state index in [9.17, 15) is 9.18 Å². The fraction of sp³-hybridized carbons (Fsp3) is 0.500. The number of aliphatic hydroxyl groups is 1. The molecule has 0 radical (unpaired) electrons. The van der Waals surface area contributed by atoms with E-state index >= 15 is 0 Å². The van der Waals surface area contributed by atoms with E-state index in [4.69, 9.17) is 5.11 Å². The molecule has 4 heteroatoms. The van der Waals surface area contributed by atoms with Crippen LogP contribution in [0.1, 0.15) is 35.2 Å². The van der Waals surface area contributed by atoms with Crippen molar-refractivity contribution in [2.45, 2.75) is 32.2 Å². The number of amides is 1. The molecule has 1 saturated carbocycles. The standard InChI is InChI=1S/C14H18FNO2/c1-9-6-11(8-12(15)7-9)14(18)16-13(4-5-17)10-2-3-10/h6-8,10,13,17H,2-5H2,1H3,(H,16,18). The third-order valence-corrected chi connectivity index (χ3v) is 3.25. The molecule has 1 fully saturated rings. The molecule has 1 aliphatic carbocycles. The number of halogens is 1. The van der Waals surface area contributed by atoms with Gasteiger partial charge in [0.25, 0.3) is 5.91 Å². The van der Waals surface area contributed by atoms with Gasteiger partial charge in [0, 0.05) is 18.2 Å². The molecule has 2 rings (SSSR count). The number of aryl methyl sites for hydroxylation is 1. The molecule has 1 aliphatic rings. The molecule has 0 saturated heterocycles. The van der Waals surface area contributed by atoms with Crippen LogP contribution in [0.4, 0.5) is 4.39 Å². The van der Waals surface area contributed by atoms with Crippen molar-refractivity contribution in [2.24, 2.45) is 5.92 Å². The Balaban J connectivity index is 2.05. The van der Waals surface area contributed by atoms with E-state index in [2.05, 4.69) is 5.32 Å². The summed E-state index contributed by atoms with van der Waals surface area (Å²) in [6, 6.07) is 4.31. The van der Waals surface area contributed by atoms with Gasteiger partial charge in [-0.25, -0.2) is 4.39 Å². The maximum absolute atomic E-state index is 13.2. The Morgan fingerprint density at radius 3 is 2.78 bits per heavy atom. The molecule has 2 N–H and O–H groups in total. The Labute approximate surface area is 106 Å². The van der Waals surface area contributed by atoms with Gasteiger partial charge in [-0.05, 0) is 55.9 Å². The Bertz CT molecular complexity index is 423. The van der Waals surface area contributed by atoms with E-state index < -0.39 is 5.82 Å². The molecule has 1 aromatic carbocycles. The summed E-state index contributed by atoms with van der Waals surface area (Å²) in [6.45, 7) is 1.82. The van der Waals surface area contributed by atoms with Gasteiger partial charge in [-0.2, -0.15) is 0 Å². The normalized spacial score (nSPS) is 16.4. The summed E-state index contributed by atoms with van der Waals surface area (Å²) in [6.07, 6.45) is 2.74. The van der Waals surface area contributed by atoms with E-state index in [0.29, 0.717) is 17.9 Å². The van der Waals surface area contributed by atoms with Crippen molar-refractivity contribution in [3.8, 4) is 0 Å². The van der Waals surface area contributed by atoms with Gasteiger partial charge in [0.15, 0.2) is 0 Å². The largest absolute Gasteiger partial charge is 0.396 e. The average Bonchev–Trinajstić information content (AvgIpc) is 3.10. The molecule has 0 heterocycles. The second-order valence-electron chi connectivity index (χ2n) is 4.95. The van der Waals surface area contributed by atoms with Crippen molar-refractivity contribution in [3.63, 3.8) is 0 Å². The maximum Gasteiger partial charge on any atom is 0.251 e. The molecule has 0 aliphatic heterocycles. The van der Waals surface area contributed by atoms with Crippen molar-refractivity contribution < 1.29 is 14.3 Å². The quantitative estimate of drug-likeness (QED) is 0.841. The predicted octanol–water partition coefficient (Wildman–Crippen LogP) is 2.02. The van der Waals surface area contributed by atoms with Crippen molar-refractivity contribution in [2.75, 3.05) is 6.61 Å². The summed E-state index contributed by atoms with van der Waals surface area (Å²) in [4.78, 5) is 12.0. The van der Waals surface area contributed by atoms with Crippen LogP contribution in [0.3, 0.4) is 0 Å². The Morgan fingerprint density at radius 1 is 1.50 bits per heavy atom. The molecule has 1 amide bonds. The predicted molar refractivity (Wildman–Crippen MR) is 66.8 cm³/mol. The molecule has 1 aromatic rings. The number of hydrogen-bond donors (Lipinski definition) is 2. The van der Waals surface area contributed by atoms with Crippen molar-refractivity contribution in [3.05, 3.63) is 35.1 Å². The lowest BCUT2D eigenvalue weighted by atomic mass is 10.1. The van der Waals surface area contributed by atoms with E-state index in [0.717, 1.165) is 18.4 Å². The zero-order chi connectivity index (χ0) is 13.1. The molecule has 1 atom stereocenters. The molecular formula is C14H18FNO2. The Hall–Kier alpha value is -1.42. The van der Waals surface area contributed by atoms with Gasteiger partial charge in [-0.1, -0.05) is 0 Å². The minimum atomic E-state index is -0.398. The summed E-state index contributed by atoms with van der Waals surface area (Å²) in [7, 11) is 0. The number of benzene rings is 1. The topological polar surface area (TPSA) is 49.3 Å². The fourth-order valence-corrected chi connectivity index (χ4v) is 2.18. The summed E-state index contributed by atoms with van der Waals surface area (Å²) in [5, 5.41) is 11.9. The SMILES string of the molecule is Cc1cc(F)cc(C(=O)NC(CCO)C2CC2)c1. The summed E-state index contributed by atoms with van der Waals surface area (Å²) in [5.74, 6) is -0.191. The van der Waals surface area contributed by atoms with Crippen LogP contribution in [0.25, 0.3) is 0 Å². The molecule has 0 spiro atoms. The van der Waals surface area contributed by atoms with Crippen LogP contribution in [0.2, 0.25) is 0 Å². The Kier molecular flexibility index (Phi) is 3.97. The minimum Gasteiger partial charge on any atom is -0.396 e. The summed E-state index contributed by atoms with van der Waals surface area (Å²) < 4.78 is 13.2. The first-order valence-corrected chi connectivity index (χ1v) is 6.29. The third kappa shape index (κ3) is 3.29. The van der Waals surface area contributed by atoms with Gasteiger partial charge in [-0.3, -0.25) is 4.79 Å². The van der Waals surface area contributed by atoms with Gasteiger partial charge in [0.05, 0.1) is 0 Å². The van der Waals surface area contributed by atoms with E-state index in [-0.39, 0.29) is 18.6 Å². The van der Waals surface area contributed by atoms with Crippen LogP contribution in [0, 0.1) is 18.7 Å². The van der Waals surface area contributed by atoms with E-state index in [1.54, 1.807) is 13.0 Å². The highest BCUT2D eigenvalue weighted by atomic mass is 19.1. The number of carbonyl (C=O) groups is 1. The highest BCUT2D eigenvalue weighted by molar-refractivity contribution is 5.94. The lowest BCUT2D eigenvalue weighted by molar-refractivity contribution is 0.0923. The van der Waals surface area contributed by atoms with Gasteiger partial charge < -0.3 is 10.4 Å². The first-order chi connectivity index (χ1) is 8.60. The van der Waals surface area contributed by atoms with Crippen molar-refractivity contribution in [1.82, 2.24) is 5.32 Å². The lowest BCUT2D eigenvalue weighted by Gasteiger charge is -2.17. The number of hydrogen-bond acceptors (Lipinski definition) is 2. The van der Waals surface area contributed by atoms with Crippen LogP contribution in [0.5, 0.6) is 0 Å². The zero-order valence-corrected chi connectivity index (χ0v) is 10.4. The second-order valence-corrected chi connectivity index (χ2v) is 4.95. The van der Waals surface area contributed by atoms with Gasteiger partial charge in [0.1, 0.15) is 5.82 Å². The molecule has 0 bridgehead atoms. The number of aliphatic hydroxyl groups excluding tert-OH is 1.